The number of fused-ring (bicyclic) bond motifs is 1. The Morgan fingerprint density at radius 1 is 1.16 bits per heavy atom. The van der Waals surface area contributed by atoms with Crippen molar-refractivity contribution in [2.75, 3.05) is 6.26 Å². The van der Waals surface area contributed by atoms with Gasteiger partial charge in [-0.2, -0.15) is 0 Å². The quantitative estimate of drug-likeness (QED) is 0.336. The molecule has 0 saturated heterocycles. The molecule has 0 amide bonds. The van der Waals surface area contributed by atoms with Gasteiger partial charge < -0.3 is 4.74 Å². The van der Waals surface area contributed by atoms with E-state index < -0.39 is 0 Å². The van der Waals surface area contributed by atoms with E-state index >= 15 is 0 Å². The van der Waals surface area contributed by atoms with Gasteiger partial charge in [-0.25, -0.2) is 9.78 Å². The molecule has 0 saturated carbocycles. The molecule has 25 heavy (non-hydrogen) atoms. The van der Waals surface area contributed by atoms with Crippen LogP contribution in [0.5, 0.6) is 0 Å². The van der Waals surface area contributed by atoms with Crippen LogP contribution in [0, 0.1) is 0 Å². The zero-order valence-electron chi connectivity index (χ0n) is 14.1. The lowest BCUT2D eigenvalue weighted by molar-refractivity contribution is 0.0472. The van der Waals surface area contributed by atoms with Gasteiger partial charge in [0.05, 0.1) is 11.1 Å². The van der Waals surface area contributed by atoms with E-state index in [1.54, 1.807) is 23.9 Å². The summed E-state index contributed by atoms with van der Waals surface area (Å²) < 4.78 is 5.39. The number of nitrogens with zero attached hydrogens (tertiary/aromatic N) is 1. The van der Waals surface area contributed by atoms with E-state index in [1.807, 2.05) is 42.7 Å². The minimum atomic E-state index is -0.364. The maximum Gasteiger partial charge on any atom is 0.338 e. The number of aromatic nitrogens is 1. The second-order valence-corrected chi connectivity index (χ2v) is 6.86. The first-order chi connectivity index (χ1) is 12.1. The molecule has 0 bridgehead atoms. The molecule has 0 N–H and O–H groups in total. The van der Waals surface area contributed by atoms with E-state index in [0.717, 1.165) is 22.2 Å². The smallest absolute Gasteiger partial charge is 0.338 e. The number of esters is 1. The van der Waals surface area contributed by atoms with E-state index in [1.165, 1.54) is 5.56 Å². The van der Waals surface area contributed by atoms with Gasteiger partial charge in [-0.05, 0) is 48.6 Å². The zero-order chi connectivity index (χ0) is 17.8. The molecule has 2 aromatic carbocycles. The Morgan fingerprint density at radius 2 is 1.92 bits per heavy atom. The lowest BCUT2D eigenvalue weighted by Gasteiger charge is -2.09. The van der Waals surface area contributed by atoms with Gasteiger partial charge in [0.2, 0.25) is 0 Å². The van der Waals surface area contributed by atoms with E-state index in [0.29, 0.717) is 16.3 Å². The van der Waals surface area contributed by atoms with Gasteiger partial charge in [0, 0.05) is 15.8 Å². The van der Waals surface area contributed by atoms with Crippen LogP contribution < -0.4 is 0 Å². The Kier molecular flexibility index (Phi) is 5.61. The molecule has 0 unspecified atom stereocenters. The molecule has 0 radical (unpaired) electrons. The van der Waals surface area contributed by atoms with Gasteiger partial charge in [0.15, 0.2) is 0 Å². The maximum atomic E-state index is 12.2. The predicted octanol–water partition coefficient (Wildman–Crippen LogP) is 5.53. The monoisotopic (exact) mass is 371 g/mol. The number of hydrogen-bond acceptors (Lipinski definition) is 4. The van der Waals surface area contributed by atoms with Crippen LogP contribution in [0.2, 0.25) is 5.15 Å². The number of ether oxygens (including phenoxy) is 1. The third kappa shape index (κ3) is 4.14. The fourth-order valence-electron chi connectivity index (χ4n) is 2.50. The lowest BCUT2D eigenvalue weighted by atomic mass is 10.1. The van der Waals surface area contributed by atoms with Crippen LogP contribution in [-0.4, -0.2) is 17.2 Å². The normalized spacial score (nSPS) is 10.8. The molecule has 3 rings (SSSR count). The van der Waals surface area contributed by atoms with Gasteiger partial charge in [0.1, 0.15) is 11.8 Å². The lowest BCUT2D eigenvalue weighted by Crippen LogP contribution is -2.06. The highest BCUT2D eigenvalue weighted by molar-refractivity contribution is 7.98. The fraction of sp³-hybridized carbons (Fsp3) is 0.200. The molecule has 1 heterocycles. The van der Waals surface area contributed by atoms with E-state index in [2.05, 4.69) is 11.9 Å². The second kappa shape index (κ2) is 7.89. The van der Waals surface area contributed by atoms with Crippen molar-refractivity contribution < 1.29 is 9.53 Å². The van der Waals surface area contributed by atoms with Crippen LogP contribution in [0.3, 0.4) is 0 Å². The van der Waals surface area contributed by atoms with E-state index in [4.69, 9.17) is 16.3 Å². The zero-order valence-corrected chi connectivity index (χ0v) is 15.7. The number of thioether (sulfide) groups is 1. The minimum Gasteiger partial charge on any atom is -0.457 e. The van der Waals surface area contributed by atoms with Crippen molar-refractivity contribution in [1.82, 2.24) is 4.98 Å². The summed E-state index contributed by atoms with van der Waals surface area (Å²) in [4.78, 5) is 17.7. The van der Waals surface area contributed by atoms with Gasteiger partial charge in [-0.1, -0.05) is 36.7 Å². The van der Waals surface area contributed by atoms with Crippen molar-refractivity contribution in [3.8, 4) is 0 Å². The number of halogens is 1. The van der Waals surface area contributed by atoms with Crippen LogP contribution >= 0.6 is 23.4 Å². The van der Waals surface area contributed by atoms with Crippen molar-refractivity contribution in [1.29, 1.82) is 0 Å². The minimum absolute atomic E-state index is 0.0976. The Bertz CT molecular complexity index is 909. The standard InChI is InChI=1S/C20H18ClNO2S/c1-3-13-4-6-14(7-5-13)20(23)24-12-16-10-15-8-9-17(25-2)11-18(15)22-19(16)21/h4-11H,3,12H2,1-2H3. The first kappa shape index (κ1) is 17.8. The van der Waals surface area contributed by atoms with Crippen LogP contribution in [0.25, 0.3) is 10.9 Å². The van der Waals surface area contributed by atoms with Crippen molar-refractivity contribution in [3.05, 3.63) is 70.4 Å². The highest BCUT2D eigenvalue weighted by Gasteiger charge is 2.11. The third-order valence-corrected chi connectivity index (χ3v) is 5.06. The summed E-state index contributed by atoms with van der Waals surface area (Å²) in [6, 6.07) is 15.4. The number of rotatable bonds is 5. The van der Waals surface area contributed by atoms with Gasteiger partial charge in [-0.15, -0.1) is 11.8 Å². The molecule has 0 atom stereocenters. The molecule has 0 aliphatic heterocycles. The van der Waals surface area contributed by atoms with Gasteiger partial charge >= 0.3 is 5.97 Å². The second-order valence-electron chi connectivity index (χ2n) is 5.62. The number of carbonyl (C=O) groups excluding carboxylic acids is 1. The molecule has 1 aromatic heterocycles. The summed E-state index contributed by atoms with van der Waals surface area (Å²) in [5, 5.41) is 1.33. The van der Waals surface area contributed by atoms with Crippen molar-refractivity contribution in [3.63, 3.8) is 0 Å². The molecular weight excluding hydrogens is 354 g/mol. The van der Waals surface area contributed by atoms with Crippen molar-refractivity contribution in [2.24, 2.45) is 0 Å². The molecule has 0 spiro atoms. The Balaban J connectivity index is 1.75. The van der Waals surface area contributed by atoms with Crippen LogP contribution in [-0.2, 0) is 17.8 Å². The molecular formula is C20H18ClNO2S. The Morgan fingerprint density at radius 3 is 2.60 bits per heavy atom. The fourth-order valence-corrected chi connectivity index (χ4v) is 3.13. The van der Waals surface area contributed by atoms with Crippen LogP contribution in [0.1, 0.15) is 28.4 Å². The summed E-state index contributed by atoms with van der Waals surface area (Å²) >= 11 is 7.91. The number of carbonyl (C=O) groups is 1. The number of pyridine rings is 1. The van der Waals surface area contributed by atoms with Crippen molar-refractivity contribution >= 4 is 40.2 Å². The van der Waals surface area contributed by atoms with Gasteiger partial charge in [0.25, 0.3) is 0 Å². The highest BCUT2D eigenvalue weighted by Crippen LogP contribution is 2.25. The Hall–Kier alpha value is -2.04. The van der Waals surface area contributed by atoms with E-state index in [9.17, 15) is 4.79 Å². The van der Waals surface area contributed by atoms with Crippen LogP contribution in [0.15, 0.2) is 53.4 Å². The summed E-state index contributed by atoms with van der Waals surface area (Å²) in [6.07, 6.45) is 2.95. The average Bonchev–Trinajstić information content (AvgIpc) is 2.65. The molecule has 0 aliphatic carbocycles. The average molecular weight is 372 g/mol. The molecule has 5 heteroatoms. The topological polar surface area (TPSA) is 39.2 Å². The summed E-state index contributed by atoms with van der Waals surface area (Å²) in [5.41, 5.74) is 3.25. The molecule has 0 aliphatic rings. The molecule has 0 fully saturated rings. The Labute approximate surface area is 156 Å². The molecule has 3 aromatic rings. The highest BCUT2D eigenvalue weighted by atomic mass is 35.5. The first-order valence-corrected chi connectivity index (χ1v) is 9.60. The maximum absolute atomic E-state index is 12.2. The largest absolute Gasteiger partial charge is 0.457 e. The van der Waals surface area contributed by atoms with Crippen LogP contribution in [0.4, 0.5) is 0 Å². The van der Waals surface area contributed by atoms with E-state index in [-0.39, 0.29) is 12.6 Å². The van der Waals surface area contributed by atoms with Gasteiger partial charge in [-0.3, -0.25) is 0 Å². The third-order valence-electron chi connectivity index (χ3n) is 4.01. The first-order valence-electron chi connectivity index (χ1n) is 8.00. The summed E-state index contributed by atoms with van der Waals surface area (Å²) in [7, 11) is 0. The predicted molar refractivity (Wildman–Crippen MR) is 103 cm³/mol. The number of aryl methyl sites for hydroxylation is 1. The number of benzene rings is 2. The SMILES string of the molecule is CCc1ccc(C(=O)OCc2cc3ccc(SC)cc3nc2Cl)cc1. The number of hydrogen-bond donors (Lipinski definition) is 0. The summed E-state index contributed by atoms with van der Waals surface area (Å²) in [6.45, 7) is 2.17. The molecule has 3 nitrogen and oxygen atoms in total. The summed E-state index contributed by atoms with van der Waals surface area (Å²) in [5.74, 6) is -0.364. The molecule has 128 valence electrons. The van der Waals surface area contributed by atoms with Crippen molar-refractivity contribution in [2.45, 2.75) is 24.8 Å².